The summed E-state index contributed by atoms with van der Waals surface area (Å²) >= 11 is 0. The predicted octanol–water partition coefficient (Wildman–Crippen LogP) is 1.63. The highest BCUT2D eigenvalue weighted by Crippen LogP contribution is 2.18. The van der Waals surface area contributed by atoms with Crippen LogP contribution < -0.4 is 5.32 Å². The fourth-order valence-corrected chi connectivity index (χ4v) is 3.91. The third-order valence-electron chi connectivity index (χ3n) is 3.96. The predicted molar refractivity (Wildman–Crippen MR) is 95.6 cm³/mol. The Kier molecular flexibility index (Phi) is 5.87. The number of sulfonamides is 1. The molecule has 1 amide bonds. The lowest BCUT2D eigenvalue weighted by atomic mass is 10.2. The Balaban J connectivity index is 1.59. The summed E-state index contributed by atoms with van der Waals surface area (Å²) in [6.45, 7) is 1.93. The number of carbonyl (C=O) groups excluding carboxylic acids is 1. The van der Waals surface area contributed by atoms with Crippen LogP contribution in [0.4, 0.5) is 0 Å². The molecule has 7 nitrogen and oxygen atoms in total. The largest absolute Gasteiger partial charge is 0.472 e. The molecular weight excluding hydrogens is 356 g/mol. The molecule has 1 aliphatic rings. The van der Waals surface area contributed by atoms with Crippen LogP contribution in [0.3, 0.4) is 0 Å². The van der Waals surface area contributed by atoms with Gasteiger partial charge in [-0.1, -0.05) is 12.1 Å². The van der Waals surface area contributed by atoms with Gasteiger partial charge in [0.1, 0.15) is 0 Å². The molecule has 0 saturated carbocycles. The molecule has 138 valence electrons. The van der Waals surface area contributed by atoms with Gasteiger partial charge in [-0.05, 0) is 29.8 Å². The van der Waals surface area contributed by atoms with Crippen LogP contribution in [0.5, 0.6) is 0 Å². The van der Waals surface area contributed by atoms with Gasteiger partial charge in [-0.25, -0.2) is 8.42 Å². The zero-order chi connectivity index (χ0) is 18.4. The van der Waals surface area contributed by atoms with Gasteiger partial charge in [0.15, 0.2) is 0 Å². The second-order valence-corrected chi connectivity index (χ2v) is 7.71. The van der Waals surface area contributed by atoms with Gasteiger partial charge >= 0.3 is 0 Å². The van der Waals surface area contributed by atoms with Crippen molar-refractivity contribution >= 4 is 22.0 Å². The second-order valence-electron chi connectivity index (χ2n) is 5.77. The van der Waals surface area contributed by atoms with E-state index < -0.39 is 10.0 Å². The topological polar surface area (TPSA) is 88.9 Å². The fraction of sp³-hybridized carbons (Fsp3) is 0.278. The number of carbonyl (C=O) groups is 1. The number of hydrogen-bond acceptors (Lipinski definition) is 5. The van der Waals surface area contributed by atoms with Gasteiger partial charge in [-0.15, -0.1) is 0 Å². The zero-order valence-electron chi connectivity index (χ0n) is 14.1. The quantitative estimate of drug-likeness (QED) is 0.774. The van der Waals surface area contributed by atoms with Gasteiger partial charge in [-0.3, -0.25) is 4.79 Å². The minimum Gasteiger partial charge on any atom is -0.472 e. The standard InChI is InChI=1S/C18H20N2O5S/c21-18(19-13-16-7-10-25-14-16)6-3-15-1-4-17(5-2-15)26(22,23)20-8-11-24-12-9-20/h1-7,10,14H,8-9,11-13H2,(H,19,21)/b6-3+. The Morgan fingerprint density at radius 1 is 1.15 bits per heavy atom. The molecule has 1 aromatic heterocycles. The maximum atomic E-state index is 12.5. The maximum Gasteiger partial charge on any atom is 0.244 e. The molecule has 1 aliphatic heterocycles. The average Bonchev–Trinajstić information content (AvgIpc) is 3.19. The Hall–Kier alpha value is -2.42. The number of benzene rings is 1. The number of ether oxygens (including phenoxy) is 1. The van der Waals surface area contributed by atoms with E-state index in [-0.39, 0.29) is 10.8 Å². The summed E-state index contributed by atoms with van der Waals surface area (Å²) in [5, 5.41) is 2.73. The Labute approximate surface area is 152 Å². The van der Waals surface area contributed by atoms with Gasteiger partial charge in [-0.2, -0.15) is 4.31 Å². The molecule has 1 saturated heterocycles. The number of rotatable bonds is 6. The summed E-state index contributed by atoms with van der Waals surface area (Å²) in [5.41, 5.74) is 1.62. The molecule has 1 fully saturated rings. The van der Waals surface area contributed by atoms with E-state index in [1.165, 1.54) is 10.4 Å². The van der Waals surface area contributed by atoms with E-state index in [0.29, 0.717) is 32.8 Å². The number of morpholine rings is 1. The lowest BCUT2D eigenvalue weighted by molar-refractivity contribution is -0.116. The second kappa shape index (κ2) is 8.31. The Bertz CT molecular complexity index is 851. The van der Waals surface area contributed by atoms with E-state index in [2.05, 4.69) is 5.32 Å². The van der Waals surface area contributed by atoms with Gasteiger partial charge in [0, 0.05) is 31.3 Å². The van der Waals surface area contributed by atoms with Gasteiger partial charge < -0.3 is 14.5 Å². The number of nitrogens with zero attached hydrogens (tertiary/aromatic N) is 1. The van der Waals surface area contributed by atoms with Crippen LogP contribution in [-0.4, -0.2) is 44.9 Å². The van der Waals surface area contributed by atoms with Crippen molar-refractivity contribution in [2.75, 3.05) is 26.3 Å². The van der Waals surface area contributed by atoms with Crippen LogP contribution in [0, 0.1) is 0 Å². The first-order chi connectivity index (χ1) is 12.6. The monoisotopic (exact) mass is 376 g/mol. The van der Waals surface area contributed by atoms with Crippen LogP contribution in [-0.2, 0) is 26.1 Å². The van der Waals surface area contributed by atoms with E-state index in [1.54, 1.807) is 48.9 Å². The number of nitrogens with one attached hydrogen (secondary N) is 1. The van der Waals surface area contributed by atoms with Crippen molar-refractivity contribution in [3.05, 3.63) is 60.1 Å². The van der Waals surface area contributed by atoms with Crippen molar-refractivity contribution in [3.8, 4) is 0 Å². The molecule has 0 radical (unpaired) electrons. The van der Waals surface area contributed by atoms with E-state index in [9.17, 15) is 13.2 Å². The van der Waals surface area contributed by atoms with Gasteiger partial charge in [0.25, 0.3) is 0 Å². The van der Waals surface area contributed by atoms with Gasteiger partial charge in [0.05, 0.1) is 30.6 Å². The van der Waals surface area contributed by atoms with Crippen molar-refractivity contribution in [3.63, 3.8) is 0 Å². The first-order valence-electron chi connectivity index (χ1n) is 8.21. The van der Waals surface area contributed by atoms with E-state index in [0.717, 1.165) is 11.1 Å². The summed E-state index contributed by atoms with van der Waals surface area (Å²) in [6.07, 6.45) is 6.16. The number of hydrogen-bond donors (Lipinski definition) is 1. The summed E-state index contributed by atoms with van der Waals surface area (Å²) < 4.78 is 36.6. The minimum absolute atomic E-state index is 0.237. The molecule has 0 atom stereocenters. The Morgan fingerprint density at radius 2 is 1.88 bits per heavy atom. The molecule has 1 N–H and O–H groups in total. The van der Waals surface area contributed by atoms with Crippen LogP contribution >= 0.6 is 0 Å². The smallest absolute Gasteiger partial charge is 0.244 e. The van der Waals surface area contributed by atoms with Gasteiger partial charge in [0.2, 0.25) is 15.9 Å². The van der Waals surface area contributed by atoms with Crippen molar-refractivity contribution in [1.82, 2.24) is 9.62 Å². The maximum absolute atomic E-state index is 12.5. The van der Waals surface area contributed by atoms with E-state index >= 15 is 0 Å². The van der Waals surface area contributed by atoms with Crippen LogP contribution in [0.25, 0.3) is 6.08 Å². The molecule has 0 unspecified atom stereocenters. The first-order valence-corrected chi connectivity index (χ1v) is 9.65. The third kappa shape index (κ3) is 4.60. The highest BCUT2D eigenvalue weighted by molar-refractivity contribution is 7.89. The summed E-state index contributed by atoms with van der Waals surface area (Å²) in [7, 11) is -3.50. The summed E-state index contributed by atoms with van der Waals surface area (Å²) in [5.74, 6) is -0.240. The fourth-order valence-electron chi connectivity index (χ4n) is 2.50. The van der Waals surface area contributed by atoms with E-state index in [4.69, 9.17) is 9.15 Å². The molecular formula is C18H20N2O5S. The molecule has 8 heteroatoms. The lowest BCUT2D eigenvalue weighted by Gasteiger charge is -2.26. The first kappa shape index (κ1) is 18.4. The molecule has 0 aliphatic carbocycles. The summed E-state index contributed by atoms with van der Waals surface area (Å²) in [6, 6.07) is 8.22. The van der Waals surface area contributed by atoms with Crippen molar-refractivity contribution in [1.29, 1.82) is 0 Å². The lowest BCUT2D eigenvalue weighted by Crippen LogP contribution is -2.40. The zero-order valence-corrected chi connectivity index (χ0v) is 14.9. The molecule has 26 heavy (non-hydrogen) atoms. The molecule has 2 aromatic rings. The molecule has 1 aromatic carbocycles. The molecule has 0 spiro atoms. The van der Waals surface area contributed by atoms with Crippen LogP contribution in [0.2, 0.25) is 0 Å². The number of amides is 1. The third-order valence-corrected chi connectivity index (χ3v) is 5.87. The van der Waals surface area contributed by atoms with Crippen molar-refractivity contribution in [2.45, 2.75) is 11.4 Å². The highest BCUT2D eigenvalue weighted by Gasteiger charge is 2.25. The van der Waals surface area contributed by atoms with Crippen LogP contribution in [0.15, 0.2) is 58.2 Å². The number of furan rings is 1. The molecule has 2 heterocycles. The minimum atomic E-state index is -3.50. The average molecular weight is 376 g/mol. The Morgan fingerprint density at radius 3 is 2.54 bits per heavy atom. The van der Waals surface area contributed by atoms with Crippen molar-refractivity contribution in [2.24, 2.45) is 0 Å². The van der Waals surface area contributed by atoms with E-state index in [1.807, 2.05) is 0 Å². The SMILES string of the molecule is O=C(/C=C/c1ccc(S(=O)(=O)N2CCOCC2)cc1)NCc1ccoc1. The molecule has 3 rings (SSSR count). The summed E-state index contributed by atoms with van der Waals surface area (Å²) in [4.78, 5) is 12.0. The normalized spacial score (nSPS) is 16.0. The van der Waals surface area contributed by atoms with Crippen LogP contribution in [0.1, 0.15) is 11.1 Å². The van der Waals surface area contributed by atoms with Crippen molar-refractivity contribution < 1.29 is 22.4 Å². The molecule has 0 bridgehead atoms. The highest BCUT2D eigenvalue weighted by atomic mass is 32.2.